The molecule has 0 spiro atoms. The maximum absolute atomic E-state index is 13.2. The molecule has 3 aromatic rings. The molecule has 1 fully saturated rings. The highest BCUT2D eigenvalue weighted by Crippen LogP contribution is 2.23. The summed E-state index contributed by atoms with van der Waals surface area (Å²) in [5, 5.41) is 1.04. The summed E-state index contributed by atoms with van der Waals surface area (Å²) in [6, 6.07) is 11.0. The molecule has 0 saturated carbocycles. The van der Waals surface area contributed by atoms with E-state index in [2.05, 4.69) is 9.97 Å². The van der Waals surface area contributed by atoms with Crippen molar-refractivity contribution in [1.82, 2.24) is 19.4 Å². The lowest BCUT2D eigenvalue weighted by molar-refractivity contribution is -0.129. The molecule has 0 aliphatic carbocycles. The number of benzene rings is 1. The molecule has 0 N–H and O–H groups in total. The van der Waals surface area contributed by atoms with Crippen LogP contribution in [0.3, 0.4) is 0 Å². The second-order valence-corrected chi connectivity index (χ2v) is 7.87. The Morgan fingerprint density at radius 2 is 1.89 bits per heavy atom. The molecule has 3 heterocycles. The number of aryl methyl sites for hydroxylation is 1. The van der Waals surface area contributed by atoms with Gasteiger partial charge in [-0.15, -0.1) is 0 Å². The van der Waals surface area contributed by atoms with Gasteiger partial charge in [-0.25, -0.2) is 14.5 Å². The molecule has 0 unspecified atom stereocenters. The predicted octanol–water partition coefficient (Wildman–Crippen LogP) is 3.19. The third-order valence-corrected chi connectivity index (χ3v) is 5.90. The van der Waals surface area contributed by atoms with Crippen LogP contribution < -0.4 is 5.56 Å². The van der Waals surface area contributed by atoms with Gasteiger partial charge in [0, 0.05) is 19.3 Å². The number of hydrogen-bond donors (Lipinski definition) is 0. The minimum atomic E-state index is -0.166. The first-order valence-electron chi connectivity index (χ1n) is 9.49. The number of fused-ring (bicyclic) bond motifs is 1. The molecule has 0 atom stereocenters. The quantitative estimate of drug-likeness (QED) is 0.502. The Morgan fingerprint density at radius 1 is 1.11 bits per heavy atom. The Bertz CT molecular complexity index is 1070. The molecule has 144 valence electrons. The molecule has 28 heavy (non-hydrogen) atoms. The maximum Gasteiger partial charge on any atom is 0.267 e. The first-order chi connectivity index (χ1) is 13.6. The van der Waals surface area contributed by atoms with Crippen LogP contribution in [0.1, 0.15) is 24.8 Å². The number of amides is 1. The van der Waals surface area contributed by atoms with Gasteiger partial charge >= 0.3 is 0 Å². The van der Waals surface area contributed by atoms with Crippen molar-refractivity contribution in [2.45, 2.75) is 31.3 Å². The predicted molar refractivity (Wildman–Crippen MR) is 111 cm³/mol. The lowest BCUT2D eigenvalue weighted by Crippen LogP contribution is -2.37. The second-order valence-electron chi connectivity index (χ2n) is 6.93. The van der Waals surface area contributed by atoms with Gasteiger partial charge in [-0.3, -0.25) is 9.59 Å². The van der Waals surface area contributed by atoms with Crippen LogP contribution in [0.2, 0.25) is 0 Å². The maximum atomic E-state index is 13.2. The highest BCUT2D eigenvalue weighted by molar-refractivity contribution is 7.99. The number of carbonyl (C=O) groups is 1. The van der Waals surface area contributed by atoms with Crippen LogP contribution in [0.5, 0.6) is 0 Å². The normalized spacial score (nSPS) is 14.4. The summed E-state index contributed by atoms with van der Waals surface area (Å²) < 4.78 is 1.53. The zero-order valence-electron chi connectivity index (χ0n) is 15.8. The topological polar surface area (TPSA) is 68.1 Å². The van der Waals surface area contributed by atoms with Gasteiger partial charge in [-0.05, 0) is 49.9 Å². The largest absolute Gasteiger partial charge is 0.342 e. The number of pyridine rings is 1. The Kier molecular flexibility index (Phi) is 5.43. The van der Waals surface area contributed by atoms with Gasteiger partial charge in [0.05, 0.1) is 16.7 Å². The molecule has 1 saturated heterocycles. The van der Waals surface area contributed by atoms with Crippen molar-refractivity contribution in [2.75, 3.05) is 18.8 Å². The molecular weight excluding hydrogens is 372 g/mol. The average molecular weight is 395 g/mol. The third kappa shape index (κ3) is 3.67. The van der Waals surface area contributed by atoms with Gasteiger partial charge in [0.15, 0.2) is 5.16 Å². The first kappa shape index (κ1) is 18.7. The van der Waals surface area contributed by atoms with E-state index in [1.54, 1.807) is 12.3 Å². The third-order valence-electron chi connectivity index (χ3n) is 4.97. The molecule has 1 aromatic carbocycles. The molecule has 7 heteroatoms. The molecule has 2 aromatic heterocycles. The summed E-state index contributed by atoms with van der Waals surface area (Å²) in [6.45, 7) is 3.55. The number of nitrogens with zero attached hydrogens (tertiary/aromatic N) is 4. The molecule has 4 rings (SSSR count). The fraction of sp³-hybridized carbons (Fsp3) is 0.333. The van der Waals surface area contributed by atoms with E-state index >= 15 is 0 Å². The average Bonchev–Trinajstić information content (AvgIpc) is 2.73. The zero-order valence-corrected chi connectivity index (χ0v) is 16.6. The van der Waals surface area contributed by atoms with Crippen molar-refractivity contribution in [1.29, 1.82) is 0 Å². The van der Waals surface area contributed by atoms with Crippen LogP contribution in [0, 0.1) is 6.92 Å². The number of rotatable bonds is 4. The van der Waals surface area contributed by atoms with Gasteiger partial charge in [0.2, 0.25) is 5.91 Å². The molecule has 1 aliphatic rings. The van der Waals surface area contributed by atoms with Gasteiger partial charge in [0.1, 0.15) is 5.82 Å². The highest BCUT2D eigenvalue weighted by atomic mass is 32.2. The minimum absolute atomic E-state index is 0.0939. The number of thioether (sulfide) groups is 1. The van der Waals surface area contributed by atoms with Crippen molar-refractivity contribution in [2.24, 2.45) is 0 Å². The number of aromatic nitrogens is 3. The van der Waals surface area contributed by atoms with Crippen LogP contribution in [-0.4, -0.2) is 44.2 Å². The van der Waals surface area contributed by atoms with Gasteiger partial charge in [-0.1, -0.05) is 30.0 Å². The number of hydrogen-bond acceptors (Lipinski definition) is 5. The van der Waals surface area contributed by atoms with Gasteiger partial charge in [-0.2, -0.15) is 0 Å². The van der Waals surface area contributed by atoms with E-state index in [9.17, 15) is 9.59 Å². The summed E-state index contributed by atoms with van der Waals surface area (Å²) in [4.78, 5) is 36.8. The van der Waals surface area contributed by atoms with E-state index in [1.807, 2.05) is 42.2 Å². The monoisotopic (exact) mass is 394 g/mol. The van der Waals surface area contributed by atoms with Gasteiger partial charge in [0.25, 0.3) is 5.56 Å². The molecule has 1 aliphatic heterocycles. The van der Waals surface area contributed by atoms with Crippen molar-refractivity contribution >= 4 is 28.6 Å². The zero-order chi connectivity index (χ0) is 19.5. The molecular formula is C21H22N4O2S. The van der Waals surface area contributed by atoms with Crippen LogP contribution in [0.15, 0.2) is 52.5 Å². The highest BCUT2D eigenvalue weighted by Gasteiger charge is 2.20. The Hall–Kier alpha value is -2.67. The molecule has 0 radical (unpaired) electrons. The first-order valence-corrected chi connectivity index (χ1v) is 10.5. The number of carbonyl (C=O) groups excluding carboxylic acids is 1. The number of para-hydroxylation sites is 1. The van der Waals surface area contributed by atoms with E-state index in [1.165, 1.54) is 22.7 Å². The van der Waals surface area contributed by atoms with Crippen LogP contribution in [-0.2, 0) is 4.79 Å². The lowest BCUT2D eigenvalue weighted by atomic mass is 10.1. The van der Waals surface area contributed by atoms with Crippen molar-refractivity contribution < 1.29 is 4.79 Å². The Morgan fingerprint density at radius 3 is 2.68 bits per heavy atom. The van der Waals surface area contributed by atoms with E-state index in [0.717, 1.165) is 31.5 Å². The Labute approximate surface area is 167 Å². The van der Waals surface area contributed by atoms with Gasteiger partial charge < -0.3 is 4.90 Å². The van der Waals surface area contributed by atoms with E-state index < -0.39 is 0 Å². The minimum Gasteiger partial charge on any atom is -0.342 e. The van der Waals surface area contributed by atoms with E-state index in [-0.39, 0.29) is 17.2 Å². The standard InChI is InChI=1S/C21H22N4O2S/c1-15-8-7-11-22-19(15)25-20(27)16-9-3-4-10-17(16)23-21(25)28-14-18(26)24-12-5-2-6-13-24/h3-4,7-11H,2,5-6,12-14H2,1H3. The fourth-order valence-electron chi connectivity index (χ4n) is 3.47. The molecule has 1 amide bonds. The van der Waals surface area contributed by atoms with Crippen LogP contribution >= 0.6 is 11.8 Å². The molecule has 6 nitrogen and oxygen atoms in total. The fourth-order valence-corrected chi connectivity index (χ4v) is 4.36. The second kappa shape index (κ2) is 8.14. The number of piperidine rings is 1. The molecule has 0 bridgehead atoms. The summed E-state index contributed by atoms with van der Waals surface area (Å²) in [7, 11) is 0. The number of likely N-dealkylation sites (tertiary alicyclic amines) is 1. The summed E-state index contributed by atoms with van der Waals surface area (Å²) in [5.74, 6) is 0.909. The van der Waals surface area contributed by atoms with Crippen LogP contribution in [0.4, 0.5) is 0 Å². The van der Waals surface area contributed by atoms with Crippen molar-refractivity contribution in [3.8, 4) is 5.82 Å². The SMILES string of the molecule is Cc1cccnc1-n1c(SCC(=O)N2CCCCC2)nc2ccccc2c1=O. The summed E-state index contributed by atoms with van der Waals surface area (Å²) in [6.07, 6.45) is 4.96. The van der Waals surface area contributed by atoms with Crippen LogP contribution in [0.25, 0.3) is 16.7 Å². The lowest BCUT2D eigenvalue weighted by Gasteiger charge is -2.26. The van der Waals surface area contributed by atoms with Crippen molar-refractivity contribution in [3.05, 3.63) is 58.5 Å². The van der Waals surface area contributed by atoms with E-state index in [4.69, 9.17) is 0 Å². The van der Waals surface area contributed by atoms with E-state index in [0.29, 0.717) is 21.9 Å². The smallest absolute Gasteiger partial charge is 0.267 e. The summed E-state index contributed by atoms with van der Waals surface area (Å²) in [5.41, 5.74) is 1.34. The Balaban J connectivity index is 1.74. The van der Waals surface area contributed by atoms with Crippen molar-refractivity contribution in [3.63, 3.8) is 0 Å². The summed E-state index contributed by atoms with van der Waals surface area (Å²) >= 11 is 1.30.